The number of benzene rings is 2. The van der Waals surface area contributed by atoms with E-state index in [1.807, 2.05) is 30.3 Å². The van der Waals surface area contributed by atoms with Gasteiger partial charge < -0.3 is 21.3 Å². The minimum absolute atomic E-state index is 0.142. The van der Waals surface area contributed by atoms with Gasteiger partial charge in [-0.2, -0.15) is 0 Å². The Labute approximate surface area is 152 Å². The highest BCUT2D eigenvalue weighted by molar-refractivity contribution is 5.87. The summed E-state index contributed by atoms with van der Waals surface area (Å²) in [4.78, 5) is 23.5. The summed E-state index contributed by atoms with van der Waals surface area (Å²) >= 11 is 0. The van der Waals surface area contributed by atoms with Crippen LogP contribution in [0.2, 0.25) is 0 Å². The smallest absolute Gasteiger partial charge is 0.326 e. The fraction of sp³-hybridized carbons (Fsp3) is 0.300. The van der Waals surface area contributed by atoms with Crippen LogP contribution in [0.3, 0.4) is 0 Å². The molecule has 0 heterocycles. The zero-order valence-electron chi connectivity index (χ0n) is 14.8. The highest BCUT2D eigenvalue weighted by Crippen LogP contribution is 2.30. The van der Waals surface area contributed by atoms with Crippen molar-refractivity contribution in [1.29, 1.82) is 0 Å². The van der Waals surface area contributed by atoms with Crippen LogP contribution in [-0.2, 0) is 16.0 Å². The molecular weight excluding hydrogens is 332 g/mol. The molecule has 2 aromatic carbocycles. The highest BCUT2D eigenvalue weighted by Gasteiger charge is 2.26. The number of carbonyl (C=O) groups is 2. The average molecular weight is 356 g/mol. The zero-order chi connectivity index (χ0) is 19.3. The number of amides is 1. The Balaban J connectivity index is 2.13. The number of rotatable bonds is 7. The van der Waals surface area contributed by atoms with Crippen LogP contribution in [0, 0.1) is 5.92 Å². The lowest BCUT2D eigenvalue weighted by Crippen LogP contribution is -2.51. The molecule has 0 aromatic heterocycles. The molecule has 5 N–H and O–H groups in total. The first-order chi connectivity index (χ1) is 12.3. The molecule has 0 radical (unpaired) electrons. The van der Waals surface area contributed by atoms with Crippen molar-refractivity contribution in [2.45, 2.75) is 32.4 Å². The largest absolute Gasteiger partial charge is 0.507 e. The van der Waals surface area contributed by atoms with Crippen molar-refractivity contribution in [3.8, 4) is 16.9 Å². The van der Waals surface area contributed by atoms with Crippen LogP contribution in [0.25, 0.3) is 11.1 Å². The number of hydrogen-bond donors (Lipinski definition) is 4. The third kappa shape index (κ3) is 4.83. The molecule has 0 fully saturated rings. The monoisotopic (exact) mass is 356 g/mol. The van der Waals surface area contributed by atoms with Crippen molar-refractivity contribution in [3.63, 3.8) is 0 Å². The number of carbonyl (C=O) groups excluding carboxylic acids is 1. The van der Waals surface area contributed by atoms with E-state index in [4.69, 9.17) is 5.73 Å². The van der Waals surface area contributed by atoms with E-state index in [1.165, 1.54) is 0 Å². The predicted octanol–water partition coefficient (Wildman–Crippen LogP) is 2.15. The third-order valence-corrected chi connectivity index (χ3v) is 4.17. The van der Waals surface area contributed by atoms with E-state index in [-0.39, 0.29) is 18.1 Å². The summed E-state index contributed by atoms with van der Waals surface area (Å²) in [5.41, 5.74) is 8.25. The molecule has 1 amide bonds. The summed E-state index contributed by atoms with van der Waals surface area (Å²) in [6.07, 6.45) is 0.233. The third-order valence-electron chi connectivity index (χ3n) is 4.17. The molecule has 0 aliphatic rings. The topological polar surface area (TPSA) is 113 Å². The number of carboxylic acid groups (broad SMARTS) is 1. The Morgan fingerprint density at radius 1 is 1.12 bits per heavy atom. The van der Waals surface area contributed by atoms with Crippen molar-refractivity contribution in [2.75, 3.05) is 0 Å². The second kappa shape index (κ2) is 8.49. The summed E-state index contributed by atoms with van der Waals surface area (Å²) < 4.78 is 0. The van der Waals surface area contributed by atoms with Gasteiger partial charge in [0.15, 0.2) is 0 Å². The van der Waals surface area contributed by atoms with Gasteiger partial charge in [0.05, 0.1) is 6.04 Å². The number of phenols is 1. The lowest BCUT2D eigenvalue weighted by Gasteiger charge is -2.20. The molecule has 138 valence electrons. The van der Waals surface area contributed by atoms with Crippen molar-refractivity contribution in [3.05, 3.63) is 54.1 Å². The zero-order valence-corrected chi connectivity index (χ0v) is 14.8. The molecule has 2 rings (SSSR count). The molecule has 0 aliphatic heterocycles. The second-order valence-corrected chi connectivity index (χ2v) is 6.60. The average Bonchev–Trinajstić information content (AvgIpc) is 2.61. The number of nitrogens with two attached hydrogens (primary N) is 1. The Kier molecular flexibility index (Phi) is 6.36. The number of carboxylic acids is 1. The van der Waals surface area contributed by atoms with Crippen LogP contribution in [0.5, 0.6) is 5.75 Å². The van der Waals surface area contributed by atoms with Crippen molar-refractivity contribution >= 4 is 11.9 Å². The molecule has 6 heteroatoms. The molecule has 6 nitrogen and oxygen atoms in total. The van der Waals surface area contributed by atoms with Gasteiger partial charge in [0.25, 0.3) is 0 Å². The van der Waals surface area contributed by atoms with Crippen LogP contribution in [0.1, 0.15) is 19.4 Å². The number of aliphatic carboxylic acids is 1. The maximum atomic E-state index is 12.2. The molecule has 0 aliphatic carbocycles. The molecule has 2 aromatic rings. The Morgan fingerprint density at radius 2 is 1.77 bits per heavy atom. The molecule has 26 heavy (non-hydrogen) atoms. The maximum absolute atomic E-state index is 12.2. The predicted molar refractivity (Wildman–Crippen MR) is 99.6 cm³/mol. The molecule has 0 bridgehead atoms. The normalized spacial score (nSPS) is 13.2. The van der Waals surface area contributed by atoms with Gasteiger partial charge in [0.1, 0.15) is 11.8 Å². The van der Waals surface area contributed by atoms with Crippen LogP contribution in [0.15, 0.2) is 48.5 Å². The van der Waals surface area contributed by atoms with Crippen LogP contribution < -0.4 is 11.1 Å². The summed E-state index contributed by atoms with van der Waals surface area (Å²) in [6.45, 7) is 3.44. The summed E-state index contributed by atoms with van der Waals surface area (Å²) in [5, 5.41) is 21.8. The Morgan fingerprint density at radius 3 is 2.35 bits per heavy atom. The molecule has 2 atom stereocenters. The number of aromatic hydroxyl groups is 1. The highest BCUT2D eigenvalue weighted by atomic mass is 16.4. The number of nitrogens with one attached hydrogen (secondary N) is 1. The van der Waals surface area contributed by atoms with E-state index in [0.29, 0.717) is 5.56 Å². The number of hydrogen-bond acceptors (Lipinski definition) is 4. The minimum atomic E-state index is -1.09. The lowest BCUT2D eigenvalue weighted by molar-refractivity contribution is -0.143. The van der Waals surface area contributed by atoms with E-state index in [9.17, 15) is 19.8 Å². The summed E-state index contributed by atoms with van der Waals surface area (Å²) in [5.74, 6) is -1.71. The van der Waals surface area contributed by atoms with Gasteiger partial charge in [-0.1, -0.05) is 50.2 Å². The molecule has 0 unspecified atom stereocenters. The summed E-state index contributed by atoms with van der Waals surface area (Å²) in [6, 6.07) is 12.6. The SMILES string of the molecule is CC(C)[C@@H](NC(=O)[C@@H](N)Cc1ccc(O)c(-c2ccccc2)c1)C(=O)O. The Hall–Kier alpha value is -2.86. The quantitative estimate of drug-likeness (QED) is 0.607. The van der Waals surface area contributed by atoms with Crippen LogP contribution in [0.4, 0.5) is 0 Å². The van der Waals surface area contributed by atoms with Gasteiger partial charge in [0.2, 0.25) is 5.91 Å². The first kappa shape index (κ1) is 19.5. The Bertz CT molecular complexity index is 775. The van der Waals surface area contributed by atoms with Crippen molar-refractivity contribution < 1.29 is 19.8 Å². The molecule has 0 saturated carbocycles. The standard InChI is InChI=1S/C20H24N2O4/c1-12(2)18(20(25)26)22-19(24)16(21)11-13-8-9-17(23)15(10-13)14-6-4-3-5-7-14/h3-10,12,16,18,23H,11,21H2,1-2H3,(H,22,24)(H,25,26)/t16-,18+/m0/s1. The number of phenolic OH excluding ortho intramolecular Hbond substituents is 1. The van der Waals surface area contributed by atoms with E-state index < -0.39 is 24.0 Å². The fourth-order valence-electron chi connectivity index (χ4n) is 2.68. The van der Waals surface area contributed by atoms with E-state index in [2.05, 4.69) is 5.32 Å². The van der Waals surface area contributed by atoms with Gasteiger partial charge in [-0.15, -0.1) is 0 Å². The fourth-order valence-corrected chi connectivity index (χ4v) is 2.68. The van der Waals surface area contributed by atoms with Gasteiger partial charge in [-0.3, -0.25) is 4.79 Å². The van der Waals surface area contributed by atoms with E-state index >= 15 is 0 Å². The van der Waals surface area contributed by atoms with Gasteiger partial charge in [-0.25, -0.2) is 4.79 Å². The molecule has 0 saturated heterocycles. The molecular formula is C20H24N2O4. The van der Waals surface area contributed by atoms with E-state index in [1.54, 1.807) is 32.0 Å². The van der Waals surface area contributed by atoms with Crippen LogP contribution in [-0.4, -0.2) is 34.2 Å². The second-order valence-electron chi connectivity index (χ2n) is 6.60. The van der Waals surface area contributed by atoms with Crippen molar-refractivity contribution in [1.82, 2.24) is 5.32 Å². The van der Waals surface area contributed by atoms with Crippen molar-refractivity contribution in [2.24, 2.45) is 11.7 Å². The molecule has 0 spiro atoms. The van der Waals surface area contributed by atoms with Crippen LogP contribution >= 0.6 is 0 Å². The first-order valence-electron chi connectivity index (χ1n) is 8.45. The van der Waals surface area contributed by atoms with Gasteiger partial charge in [0, 0.05) is 5.56 Å². The van der Waals surface area contributed by atoms with Gasteiger partial charge in [-0.05, 0) is 35.6 Å². The van der Waals surface area contributed by atoms with Gasteiger partial charge >= 0.3 is 5.97 Å². The lowest BCUT2D eigenvalue weighted by atomic mass is 9.98. The maximum Gasteiger partial charge on any atom is 0.326 e. The minimum Gasteiger partial charge on any atom is -0.507 e. The summed E-state index contributed by atoms with van der Waals surface area (Å²) in [7, 11) is 0. The first-order valence-corrected chi connectivity index (χ1v) is 8.45. The van der Waals surface area contributed by atoms with E-state index in [0.717, 1.165) is 11.1 Å².